The molecule has 1 aliphatic rings. The third-order valence-electron chi connectivity index (χ3n) is 4.01. The molecule has 1 aromatic rings. The van der Waals surface area contributed by atoms with Crippen molar-refractivity contribution < 1.29 is 13.2 Å². The van der Waals surface area contributed by atoms with E-state index in [-0.39, 0.29) is 10.8 Å². The van der Waals surface area contributed by atoms with Gasteiger partial charge >= 0.3 is 0 Å². The minimum atomic E-state index is -3.69. The van der Waals surface area contributed by atoms with Crippen LogP contribution in [0.15, 0.2) is 29.2 Å². The number of rotatable bonds is 7. The minimum Gasteiger partial charge on any atom is -0.355 e. The number of hydrogen-bond donors (Lipinski definition) is 1. The highest BCUT2D eigenvalue weighted by molar-refractivity contribution is 7.89. The molecule has 1 heterocycles. The van der Waals surface area contributed by atoms with Gasteiger partial charge in [0.05, 0.1) is 4.90 Å². The molecule has 6 nitrogen and oxygen atoms in total. The van der Waals surface area contributed by atoms with Crippen LogP contribution >= 0.6 is 11.6 Å². The van der Waals surface area contributed by atoms with E-state index >= 15 is 0 Å². The summed E-state index contributed by atoms with van der Waals surface area (Å²) in [5.41, 5.74) is 0. The van der Waals surface area contributed by atoms with E-state index < -0.39 is 16.1 Å². The van der Waals surface area contributed by atoms with Gasteiger partial charge in [-0.3, -0.25) is 4.79 Å². The zero-order chi connectivity index (χ0) is 17.7. The Labute approximate surface area is 148 Å². The smallest absolute Gasteiger partial charge is 0.243 e. The lowest BCUT2D eigenvalue weighted by atomic mass is 10.2. The topological polar surface area (TPSA) is 69.7 Å². The maximum atomic E-state index is 12.8. The summed E-state index contributed by atoms with van der Waals surface area (Å²) in [5, 5.41) is 3.33. The van der Waals surface area contributed by atoms with E-state index in [1.54, 1.807) is 12.1 Å². The summed E-state index contributed by atoms with van der Waals surface area (Å²) in [6.45, 7) is 1.78. The Morgan fingerprint density at radius 2 is 2.00 bits per heavy atom. The third kappa shape index (κ3) is 4.69. The van der Waals surface area contributed by atoms with Crippen LogP contribution in [0.5, 0.6) is 0 Å². The summed E-state index contributed by atoms with van der Waals surface area (Å²) in [6, 6.07) is 5.40. The molecule has 1 aliphatic heterocycles. The number of amides is 1. The Bertz CT molecular complexity index is 662. The second kappa shape index (κ2) is 8.29. The van der Waals surface area contributed by atoms with Gasteiger partial charge in [0.25, 0.3) is 0 Å². The maximum Gasteiger partial charge on any atom is 0.243 e. The summed E-state index contributed by atoms with van der Waals surface area (Å²) in [5.74, 6) is -0.219. The van der Waals surface area contributed by atoms with Gasteiger partial charge < -0.3 is 10.2 Å². The van der Waals surface area contributed by atoms with E-state index in [1.807, 2.05) is 19.0 Å². The van der Waals surface area contributed by atoms with Crippen LogP contribution in [0.2, 0.25) is 5.02 Å². The molecule has 24 heavy (non-hydrogen) atoms. The lowest BCUT2D eigenvalue weighted by Crippen LogP contribution is -2.46. The van der Waals surface area contributed by atoms with Crippen LogP contribution in [0.1, 0.15) is 19.3 Å². The zero-order valence-corrected chi connectivity index (χ0v) is 15.6. The SMILES string of the molecule is CN(C)CCCNC(=O)[C@H]1CCCN1S(=O)(=O)c1ccc(Cl)cc1. The molecule has 134 valence electrons. The van der Waals surface area contributed by atoms with Gasteiger partial charge in [-0.25, -0.2) is 8.42 Å². The molecule has 1 aromatic carbocycles. The summed E-state index contributed by atoms with van der Waals surface area (Å²) in [6.07, 6.45) is 2.06. The monoisotopic (exact) mass is 373 g/mol. The van der Waals surface area contributed by atoms with Crippen molar-refractivity contribution in [1.82, 2.24) is 14.5 Å². The number of halogens is 1. The number of nitrogens with zero attached hydrogens (tertiary/aromatic N) is 2. The molecular weight excluding hydrogens is 350 g/mol. The highest BCUT2D eigenvalue weighted by atomic mass is 35.5. The van der Waals surface area contributed by atoms with Gasteiger partial charge in [-0.2, -0.15) is 4.31 Å². The van der Waals surface area contributed by atoms with Crippen LogP contribution in [0, 0.1) is 0 Å². The molecule has 1 saturated heterocycles. The van der Waals surface area contributed by atoms with Crippen molar-refractivity contribution >= 4 is 27.5 Å². The molecule has 2 rings (SSSR count). The molecule has 0 radical (unpaired) electrons. The first kappa shape index (κ1) is 19.2. The van der Waals surface area contributed by atoms with Crippen LogP contribution in [0.25, 0.3) is 0 Å². The average Bonchev–Trinajstić information content (AvgIpc) is 3.02. The van der Waals surface area contributed by atoms with Crippen molar-refractivity contribution in [3.63, 3.8) is 0 Å². The van der Waals surface area contributed by atoms with Crippen LogP contribution in [0.4, 0.5) is 0 Å². The number of hydrogen-bond acceptors (Lipinski definition) is 4. The first-order chi connectivity index (χ1) is 11.3. The van der Waals surface area contributed by atoms with Crippen molar-refractivity contribution in [2.45, 2.75) is 30.2 Å². The second-order valence-corrected chi connectivity index (χ2v) is 8.50. The molecule has 1 fully saturated rings. The standard InChI is InChI=1S/C16H24ClN3O3S/c1-19(2)11-4-10-18-16(21)15-5-3-12-20(15)24(22,23)14-8-6-13(17)7-9-14/h6-9,15H,3-5,10-12H2,1-2H3,(H,18,21)/t15-/m1/s1. The van der Waals surface area contributed by atoms with Gasteiger partial charge in [-0.1, -0.05) is 11.6 Å². The molecule has 0 bridgehead atoms. The molecule has 8 heteroatoms. The van der Waals surface area contributed by atoms with E-state index in [2.05, 4.69) is 5.32 Å². The molecule has 1 amide bonds. The average molecular weight is 374 g/mol. The minimum absolute atomic E-state index is 0.166. The fourth-order valence-corrected chi connectivity index (χ4v) is 4.54. The summed E-state index contributed by atoms with van der Waals surface area (Å²) >= 11 is 5.82. The van der Waals surface area contributed by atoms with Crippen molar-refractivity contribution in [2.24, 2.45) is 0 Å². The van der Waals surface area contributed by atoms with E-state index in [0.29, 0.717) is 31.0 Å². The predicted octanol–water partition coefficient (Wildman–Crippen LogP) is 1.56. The zero-order valence-electron chi connectivity index (χ0n) is 14.0. The second-order valence-electron chi connectivity index (χ2n) is 6.18. The fraction of sp³-hybridized carbons (Fsp3) is 0.562. The molecule has 0 spiro atoms. The highest BCUT2D eigenvalue weighted by Crippen LogP contribution is 2.26. The number of carbonyl (C=O) groups is 1. The Hall–Kier alpha value is -1.15. The van der Waals surface area contributed by atoms with Gasteiger partial charge in [0.1, 0.15) is 6.04 Å². The lowest BCUT2D eigenvalue weighted by Gasteiger charge is -2.23. The largest absolute Gasteiger partial charge is 0.355 e. The molecule has 0 aliphatic carbocycles. The van der Waals surface area contributed by atoms with Gasteiger partial charge in [0, 0.05) is 18.1 Å². The summed E-state index contributed by atoms with van der Waals surface area (Å²) < 4.78 is 26.9. The fourth-order valence-electron chi connectivity index (χ4n) is 2.76. The van der Waals surface area contributed by atoms with E-state index in [9.17, 15) is 13.2 Å². The Morgan fingerprint density at radius 3 is 2.62 bits per heavy atom. The van der Waals surface area contributed by atoms with Gasteiger partial charge in [0.15, 0.2) is 0 Å². The molecule has 1 N–H and O–H groups in total. The summed E-state index contributed by atoms with van der Waals surface area (Å²) in [4.78, 5) is 14.6. The van der Waals surface area contributed by atoms with Gasteiger partial charge in [0.2, 0.25) is 15.9 Å². The number of benzene rings is 1. The molecule has 0 saturated carbocycles. The van der Waals surface area contributed by atoms with Crippen LogP contribution in [-0.4, -0.2) is 63.3 Å². The van der Waals surface area contributed by atoms with Crippen molar-refractivity contribution in [2.75, 3.05) is 33.7 Å². The third-order valence-corrected chi connectivity index (χ3v) is 6.18. The number of carbonyl (C=O) groups excluding carboxylic acids is 1. The van der Waals surface area contributed by atoms with E-state index in [1.165, 1.54) is 16.4 Å². The number of nitrogens with one attached hydrogen (secondary N) is 1. The Balaban J connectivity index is 2.03. The predicted molar refractivity (Wildman–Crippen MR) is 94.5 cm³/mol. The maximum absolute atomic E-state index is 12.8. The van der Waals surface area contributed by atoms with Gasteiger partial charge in [-0.15, -0.1) is 0 Å². The normalized spacial score (nSPS) is 18.9. The Kier molecular flexibility index (Phi) is 6.62. The van der Waals surface area contributed by atoms with Crippen molar-refractivity contribution in [3.05, 3.63) is 29.3 Å². The highest BCUT2D eigenvalue weighted by Gasteiger charge is 2.39. The molecule has 0 unspecified atom stereocenters. The van der Waals surface area contributed by atoms with Crippen molar-refractivity contribution in [3.8, 4) is 0 Å². The first-order valence-electron chi connectivity index (χ1n) is 8.02. The molecule has 1 atom stereocenters. The molecular formula is C16H24ClN3O3S. The van der Waals surface area contributed by atoms with Gasteiger partial charge in [-0.05, 0) is 64.2 Å². The van der Waals surface area contributed by atoms with E-state index in [4.69, 9.17) is 11.6 Å². The quantitative estimate of drug-likeness (QED) is 0.736. The Morgan fingerprint density at radius 1 is 1.33 bits per heavy atom. The van der Waals surface area contributed by atoms with E-state index in [0.717, 1.165) is 13.0 Å². The molecule has 0 aromatic heterocycles. The summed E-state index contributed by atoms with van der Waals surface area (Å²) in [7, 11) is 0.255. The van der Waals surface area contributed by atoms with Crippen LogP contribution < -0.4 is 5.32 Å². The number of sulfonamides is 1. The van der Waals surface area contributed by atoms with Crippen LogP contribution in [0.3, 0.4) is 0 Å². The van der Waals surface area contributed by atoms with Crippen molar-refractivity contribution in [1.29, 1.82) is 0 Å². The lowest BCUT2D eigenvalue weighted by molar-refractivity contribution is -0.124. The van der Waals surface area contributed by atoms with Crippen LogP contribution in [-0.2, 0) is 14.8 Å². The first-order valence-corrected chi connectivity index (χ1v) is 9.84.